The van der Waals surface area contributed by atoms with E-state index in [-0.39, 0.29) is 14.9 Å². The Morgan fingerprint density at radius 1 is 1.04 bits per heavy atom. The molecule has 130 valence electrons. The third-order valence-electron chi connectivity index (χ3n) is 3.42. The Morgan fingerprint density at radius 3 is 2.25 bits per heavy atom. The quantitative estimate of drug-likeness (QED) is 0.803. The van der Waals surface area contributed by atoms with Crippen LogP contribution in [-0.4, -0.2) is 21.1 Å². The highest BCUT2D eigenvalue weighted by molar-refractivity contribution is 7.89. The average Bonchev–Trinajstić information content (AvgIpc) is 2.49. The summed E-state index contributed by atoms with van der Waals surface area (Å²) in [5.74, 6) is 0.323. The number of hydrogen-bond acceptors (Lipinski definition) is 3. The molecule has 24 heavy (non-hydrogen) atoms. The molecular formula is C17H19Cl2NO3S. The molecule has 0 unspecified atom stereocenters. The molecule has 0 aliphatic heterocycles. The third kappa shape index (κ3) is 4.42. The van der Waals surface area contributed by atoms with Crippen LogP contribution in [-0.2, 0) is 16.4 Å². The summed E-state index contributed by atoms with van der Waals surface area (Å²) in [5, 5.41) is 0.0157. The van der Waals surface area contributed by atoms with Crippen molar-refractivity contribution in [3.63, 3.8) is 0 Å². The number of ether oxygens (including phenoxy) is 1. The van der Waals surface area contributed by atoms with Crippen LogP contribution >= 0.6 is 23.2 Å². The van der Waals surface area contributed by atoms with Crippen molar-refractivity contribution in [1.29, 1.82) is 0 Å². The molecule has 0 spiro atoms. The lowest BCUT2D eigenvalue weighted by molar-refractivity contribution is 0.414. The van der Waals surface area contributed by atoms with Gasteiger partial charge in [-0.2, -0.15) is 0 Å². The first-order valence-corrected chi connectivity index (χ1v) is 9.50. The molecule has 2 aromatic rings. The van der Waals surface area contributed by atoms with Gasteiger partial charge in [0.2, 0.25) is 10.0 Å². The van der Waals surface area contributed by atoms with Gasteiger partial charge in [-0.25, -0.2) is 13.1 Å². The summed E-state index contributed by atoms with van der Waals surface area (Å²) in [6, 6.07) is 12.5. The smallest absolute Gasteiger partial charge is 0.242 e. The first-order chi connectivity index (χ1) is 11.2. The summed E-state index contributed by atoms with van der Waals surface area (Å²) in [6.45, 7) is 3.63. The molecule has 2 aromatic carbocycles. The van der Waals surface area contributed by atoms with Gasteiger partial charge in [-0.15, -0.1) is 0 Å². The molecule has 1 N–H and O–H groups in total. The minimum Gasteiger partial charge on any atom is -0.495 e. The number of hydrogen-bond donors (Lipinski definition) is 1. The summed E-state index contributed by atoms with van der Waals surface area (Å²) < 4.78 is 33.2. The minimum absolute atomic E-state index is 0.0565. The molecule has 2 rings (SSSR count). The SMILES string of the molecule is COc1ccc(S(=O)(=O)NC(C)(C)Cc2ccccc2)c(Cl)c1Cl. The van der Waals surface area contributed by atoms with Gasteiger partial charge in [0.1, 0.15) is 15.7 Å². The normalized spacial score (nSPS) is 12.2. The van der Waals surface area contributed by atoms with Crippen LogP contribution in [0.5, 0.6) is 5.75 Å². The lowest BCUT2D eigenvalue weighted by Gasteiger charge is -2.26. The van der Waals surface area contributed by atoms with E-state index in [9.17, 15) is 8.42 Å². The average molecular weight is 388 g/mol. The number of halogens is 2. The number of sulfonamides is 1. The van der Waals surface area contributed by atoms with Crippen LogP contribution < -0.4 is 9.46 Å². The van der Waals surface area contributed by atoms with Crippen LogP contribution in [0.1, 0.15) is 19.4 Å². The third-order valence-corrected chi connectivity index (χ3v) is 6.14. The van der Waals surface area contributed by atoms with Crippen molar-refractivity contribution in [2.75, 3.05) is 7.11 Å². The van der Waals surface area contributed by atoms with Gasteiger partial charge in [0.25, 0.3) is 0 Å². The second-order valence-electron chi connectivity index (χ2n) is 6.05. The molecule has 0 aromatic heterocycles. The number of methoxy groups -OCH3 is 1. The van der Waals surface area contributed by atoms with Crippen LogP contribution in [0.4, 0.5) is 0 Å². The first-order valence-electron chi connectivity index (χ1n) is 7.26. The summed E-state index contributed by atoms with van der Waals surface area (Å²) in [6.07, 6.45) is 0.536. The molecule has 4 nitrogen and oxygen atoms in total. The van der Waals surface area contributed by atoms with Crippen molar-refractivity contribution < 1.29 is 13.2 Å². The van der Waals surface area contributed by atoms with Crippen LogP contribution in [0.15, 0.2) is 47.4 Å². The standard InChI is InChI=1S/C17H19Cl2NO3S/c1-17(2,11-12-7-5-4-6-8-12)20-24(21,22)14-10-9-13(23-3)15(18)16(14)19/h4-10,20H,11H2,1-3H3. The predicted octanol–water partition coefficient (Wildman–Crippen LogP) is 4.30. The lowest BCUT2D eigenvalue weighted by Crippen LogP contribution is -2.45. The molecule has 0 fully saturated rings. The number of nitrogens with one attached hydrogen (secondary N) is 1. The molecule has 0 bridgehead atoms. The van der Waals surface area contributed by atoms with Crippen molar-refractivity contribution in [1.82, 2.24) is 4.72 Å². The fraction of sp³-hybridized carbons (Fsp3) is 0.294. The van der Waals surface area contributed by atoms with E-state index in [0.29, 0.717) is 12.2 Å². The van der Waals surface area contributed by atoms with Crippen LogP contribution in [0.25, 0.3) is 0 Å². The summed E-state index contributed by atoms with van der Waals surface area (Å²) >= 11 is 12.2. The van der Waals surface area contributed by atoms with E-state index in [2.05, 4.69) is 4.72 Å². The van der Waals surface area contributed by atoms with E-state index in [0.717, 1.165) is 5.56 Å². The fourth-order valence-electron chi connectivity index (χ4n) is 2.44. The minimum atomic E-state index is -3.84. The second kappa shape index (κ2) is 7.31. The van der Waals surface area contributed by atoms with E-state index < -0.39 is 15.6 Å². The van der Waals surface area contributed by atoms with Gasteiger partial charge >= 0.3 is 0 Å². The number of benzene rings is 2. The van der Waals surface area contributed by atoms with Crippen molar-refractivity contribution in [2.45, 2.75) is 30.7 Å². The summed E-state index contributed by atoms with van der Waals surface area (Å²) in [5.41, 5.74) is 0.333. The van der Waals surface area contributed by atoms with Crippen LogP contribution in [0.2, 0.25) is 10.0 Å². The molecule has 0 aliphatic carbocycles. The second-order valence-corrected chi connectivity index (χ2v) is 8.45. The molecule has 0 amide bonds. The van der Waals surface area contributed by atoms with Gasteiger partial charge < -0.3 is 4.74 Å². The van der Waals surface area contributed by atoms with Crippen molar-refractivity contribution >= 4 is 33.2 Å². The van der Waals surface area contributed by atoms with Gasteiger partial charge in [-0.1, -0.05) is 53.5 Å². The summed E-state index contributed by atoms with van der Waals surface area (Å²) in [4.78, 5) is -0.0731. The Bertz CT molecular complexity index is 821. The molecule has 7 heteroatoms. The Balaban J connectivity index is 2.29. The molecular weight excluding hydrogens is 369 g/mol. The monoisotopic (exact) mass is 387 g/mol. The van der Waals surface area contributed by atoms with Gasteiger partial charge in [0, 0.05) is 5.54 Å². The molecule has 0 aliphatic rings. The topological polar surface area (TPSA) is 55.4 Å². The van der Waals surface area contributed by atoms with E-state index in [1.807, 2.05) is 44.2 Å². The zero-order valence-electron chi connectivity index (χ0n) is 13.6. The molecule has 0 heterocycles. The molecule has 0 atom stereocenters. The zero-order valence-corrected chi connectivity index (χ0v) is 16.0. The van der Waals surface area contributed by atoms with E-state index in [1.165, 1.54) is 19.2 Å². The van der Waals surface area contributed by atoms with E-state index in [4.69, 9.17) is 27.9 Å². The predicted molar refractivity (Wildman–Crippen MR) is 97.6 cm³/mol. The van der Waals surface area contributed by atoms with Crippen molar-refractivity contribution in [3.05, 3.63) is 58.1 Å². The van der Waals surface area contributed by atoms with Crippen molar-refractivity contribution in [2.24, 2.45) is 0 Å². The lowest BCUT2D eigenvalue weighted by atomic mass is 9.96. The number of rotatable bonds is 6. The van der Waals surface area contributed by atoms with E-state index >= 15 is 0 Å². The maximum absolute atomic E-state index is 12.7. The molecule has 0 saturated heterocycles. The molecule has 0 radical (unpaired) electrons. The highest BCUT2D eigenvalue weighted by atomic mass is 35.5. The highest BCUT2D eigenvalue weighted by Gasteiger charge is 2.29. The maximum Gasteiger partial charge on any atom is 0.242 e. The zero-order chi connectivity index (χ0) is 18.0. The van der Waals surface area contributed by atoms with Gasteiger partial charge in [-0.3, -0.25) is 0 Å². The van der Waals surface area contributed by atoms with Gasteiger partial charge in [0.15, 0.2) is 0 Å². The Morgan fingerprint density at radius 2 is 1.67 bits per heavy atom. The van der Waals surface area contributed by atoms with Crippen molar-refractivity contribution in [3.8, 4) is 5.75 Å². The largest absolute Gasteiger partial charge is 0.495 e. The van der Waals surface area contributed by atoms with Gasteiger partial charge in [0.05, 0.1) is 12.1 Å². The fourth-order valence-corrected chi connectivity index (χ4v) is 4.69. The first kappa shape index (κ1) is 19.1. The van der Waals surface area contributed by atoms with Gasteiger partial charge in [-0.05, 0) is 38.0 Å². The summed E-state index contributed by atoms with van der Waals surface area (Å²) in [7, 11) is -2.40. The molecule has 0 saturated carbocycles. The maximum atomic E-state index is 12.7. The Hall–Kier alpha value is -1.27. The highest BCUT2D eigenvalue weighted by Crippen LogP contribution is 2.36. The van der Waals surface area contributed by atoms with E-state index in [1.54, 1.807) is 0 Å². The van der Waals surface area contributed by atoms with Crippen LogP contribution in [0.3, 0.4) is 0 Å². The van der Waals surface area contributed by atoms with Crippen LogP contribution in [0, 0.1) is 0 Å². The Labute approximate surface area is 152 Å². The Kier molecular flexibility index (Phi) is 5.81.